The molecular formula is C20H12BrNO. The summed E-state index contributed by atoms with van der Waals surface area (Å²) >= 11 is 3.57. The van der Waals surface area contributed by atoms with Crippen molar-refractivity contribution in [3.63, 3.8) is 0 Å². The molecule has 0 aliphatic rings. The summed E-state index contributed by atoms with van der Waals surface area (Å²) in [5, 5.41) is 3.52. The number of rotatable bonds is 1. The van der Waals surface area contributed by atoms with Crippen LogP contribution in [0.5, 0.6) is 0 Å². The maximum absolute atomic E-state index is 6.22. The van der Waals surface area contributed by atoms with Crippen LogP contribution < -0.4 is 0 Å². The number of fused-ring (bicyclic) bond motifs is 5. The maximum Gasteiger partial charge on any atom is 0.213 e. The molecule has 2 aromatic heterocycles. The van der Waals surface area contributed by atoms with Gasteiger partial charge in [-0.05, 0) is 36.4 Å². The minimum absolute atomic E-state index is 0.894. The van der Waals surface area contributed by atoms with Crippen LogP contribution in [0.15, 0.2) is 81.7 Å². The van der Waals surface area contributed by atoms with E-state index in [1.165, 1.54) is 10.8 Å². The van der Waals surface area contributed by atoms with E-state index in [4.69, 9.17) is 4.42 Å². The van der Waals surface area contributed by atoms with Crippen molar-refractivity contribution in [2.24, 2.45) is 0 Å². The van der Waals surface area contributed by atoms with Crippen molar-refractivity contribution in [1.29, 1.82) is 0 Å². The van der Waals surface area contributed by atoms with E-state index >= 15 is 0 Å². The Hall–Kier alpha value is -2.52. The summed E-state index contributed by atoms with van der Waals surface area (Å²) in [7, 11) is 0. The first-order chi connectivity index (χ1) is 11.3. The van der Waals surface area contributed by atoms with Gasteiger partial charge in [0.1, 0.15) is 5.58 Å². The van der Waals surface area contributed by atoms with Gasteiger partial charge in [0, 0.05) is 20.9 Å². The van der Waals surface area contributed by atoms with Gasteiger partial charge in [-0.2, -0.15) is 0 Å². The quantitative estimate of drug-likeness (QED) is 0.343. The largest absolute Gasteiger partial charge is 0.439 e. The molecule has 3 heteroatoms. The van der Waals surface area contributed by atoms with Gasteiger partial charge in [0.2, 0.25) is 5.71 Å². The maximum atomic E-state index is 6.22. The normalized spacial score (nSPS) is 11.7. The van der Waals surface area contributed by atoms with E-state index in [0.29, 0.717) is 0 Å². The van der Waals surface area contributed by atoms with E-state index in [1.807, 2.05) is 18.2 Å². The van der Waals surface area contributed by atoms with E-state index in [0.717, 1.165) is 32.4 Å². The topological polar surface area (TPSA) is 18.1 Å². The molecule has 0 bridgehead atoms. The van der Waals surface area contributed by atoms with Gasteiger partial charge in [-0.1, -0.05) is 52.3 Å². The lowest BCUT2D eigenvalue weighted by molar-refractivity contribution is 0.645. The lowest BCUT2D eigenvalue weighted by Gasteiger charge is -2.05. The van der Waals surface area contributed by atoms with E-state index in [1.54, 1.807) is 0 Å². The van der Waals surface area contributed by atoms with Crippen LogP contribution in [0.3, 0.4) is 0 Å². The number of furan rings is 1. The third-order valence-corrected chi connectivity index (χ3v) is 4.76. The van der Waals surface area contributed by atoms with Gasteiger partial charge >= 0.3 is 0 Å². The molecule has 23 heavy (non-hydrogen) atoms. The number of hydrogen-bond acceptors (Lipinski definition) is 1. The fourth-order valence-electron chi connectivity index (χ4n) is 3.30. The van der Waals surface area contributed by atoms with E-state index in [2.05, 4.69) is 75.1 Å². The summed E-state index contributed by atoms with van der Waals surface area (Å²) < 4.78 is 9.47. The molecule has 110 valence electrons. The Morgan fingerprint density at radius 2 is 1.57 bits per heavy atom. The van der Waals surface area contributed by atoms with Gasteiger partial charge < -0.3 is 4.42 Å². The molecule has 5 rings (SSSR count). The van der Waals surface area contributed by atoms with E-state index in [9.17, 15) is 0 Å². The summed E-state index contributed by atoms with van der Waals surface area (Å²) in [6.45, 7) is 0. The van der Waals surface area contributed by atoms with Crippen LogP contribution in [0.2, 0.25) is 0 Å². The highest BCUT2D eigenvalue weighted by molar-refractivity contribution is 9.10. The Morgan fingerprint density at radius 3 is 2.43 bits per heavy atom. The van der Waals surface area contributed by atoms with Crippen molar-refractivity contribution >= 4 is 48.9 Å². The fraction of sp³-hybridized carbons (Fsp3) is 0. The van der Waals surface area contributed by atoms with Crippen molar-refractivity contribution in [3.05, 3.63) is 77.3 Å². The lowest BCUT2D eigenvalue weighted by atomic mass is 10.1. The number of halogens is 1. The average molecular weight is 362 g/mol. The molecule has 0 aliphatic heterocycles. The van der Waals surface area contributed by atoms with Gasteiger partial charge in [-0.3, -0.25) is 4.57 Å². The molecule has 0 radical (unpaired) electrons. The van der Waals surface area contributed by atoms with Crippen molar-refractivity contribution in [2.75, 3.05) is 0 Å². The first-order valence-electron chi connectivity index (χ1n) is 7.49. The van der Waals surface area contributed by atoms with E-state index in [-0.39, 0.29) is 0 Å². The number of para-hydroxylation sites is 2. The second kappa shape index (κ2) is 4.74. The molecule has 0 atom stereocenters. The minimum Gasteiger partial charge on any atom is -0.439 e. The average Bonchev–Trinajstić information content (AvgIpc) is 3.10. The standard InChI is InChI=1S/C20H12BrNO/c21-13-10-11-18-16(12-13)19-15-8-4-5-9-17(15)22(20(19)23-18)14-6-2-1-3-7-14/h1-12H. The molecule has 2 nitrogen and oxygen atoms in total. The van der Waals surface area contributed by atoms with Crippen molar-refractivity contribution < 1.29 is 4.42 Å². The number of nitrogens with zero attached hydrogens (tertiary/aromatic N) is 1. The van der Waals surface area contributed by atoms with Crippen molar-refractivity contribution in [1.82, 2.24) is 4.57 Å². The third-order valence-electron chi connectivity index (χ3n) is 4.26. The second-order valence-corrected chi connectivity index (χ2v) is 6.53. The van der Waals surface area contributed by atoms with Gasteiger partial charge in [-0.15, -0.1) is 0 Å². The summed E-state index contributed by atoms with van der Waals surface area (Å²) in [4.78, 5) is 0. The summed E-state index contributed by atoms with van der Waals surface area (Å²) in [6, 6.07) is 24.9. The third kappa shape index (κ3) is 1.80. The zero-order valence-corrected chi connectivity index (χ0v) is 13.7. The molecule has 0 unspecified atom stereocenters. The van der Waals surface area contributed by atoms with E-state index < -0.39 is 0 Å². The Morgan fingerprint density at radius 1 is 0.783 bits per heavy atom. The van der Waals surface area contributed by atoms with Crippen LogP contribution in [0.4, 0.5) is 0 Å². The molecule has 0 aliphatic carbocycles. The first-order valence-corrected chi connectivity index (χ1v) is 8.29. The monoisotopic (exact) mass is 361 g/mol. The van der Waals surface area contributed by atoms with Crippen molar-refractivity contribution in [2.45, 2.75) is 0 Å². The molecule has 0 saturated carbocycles. The van der Waals surface area contributed by atoms with Crippen LogP contribution in [0.1, 0.15) is 0 Å². The highest BCUT2D eigenvalue weighted by Gasteiger charge is 2.18. The molecule has 0 saturated heterocycles. The van der Waals surface area contributed by atoms with Crippen LogP contribution in [0, 0.1) is 0 Å². The highest BCUT2D eigenvalue weighted by atomic mass is 79.9. The highest BCUT2D eigenvalue weighted by Crippen LogP contribution is 2.39. The van der Waals surface area contributed by atoms with Gasteiger partial charge in [0.25, 0.3) is 0 Å². The molecule has 0 spiro atoms. The van der Waals surface area contributed by atoms with Crippen molar-refractivity contribution in [3.8, 4) is 5.69 Å². The van der Waals surface area contributed by atoms with Gasteiger partial charge in [-0.25, -0.2) is 0 Å². The predicted octanol–water partition coefficient (Wildman–Crippen LogP) is 6.29. The second-order valence-electron chi connectivity index (χ2n) is 5.61. The molecule has 0 fully saturated rings. The smallest absolute Gasteiger partial charge is 0.213 e. The molecule has 0 N–H and O–H groups in total. The Bertz CT molecular complexity index is 1170. The summed E-state index contributed by atoms with van der Waals surface area (Å²) in [5.74, 6) is 0. The van der Waals surface area contributed by atoms with Gasteiger partial charge in [0.15, 0.2) is 0 Å². The summed E-state index contributed by atoms with van der Waals surface area (Å²) in [6.07, 6.45) is 0. The Balaban J connectivity index is 2.05. The predicted molar refractivity (Wildman–Crippen MR) is 98.3 cm³/mol. The molecule has 0 amide bonds. The SMILES string of the molecule is Brc1ccc2oc3c(c2c1)c1ccccc1n3-c1ccccc1. The zero-order valence-electron chi connectivity index (χ0n) is 12.2. The number of benzene rings is 3. The molecule has 2 heterocycles. The number of hydrogen-bond donors (Lipinski definition) is 0. The molecule has 5 aromatic rings. The van der Waals surface area contributed by atoms with Gasteiger partial charge in [0.05, 0.1) is 10.9 Å². The fourth-order valence-corrected chi connectivity index (χ4v) is 3.66. The van der Waals surface area contributed by atoms with Crippen LogP contribution in [0.25, 0.3) is 38.7 Å². The molecule has 3 aromatic carbocycles. The van der Waals surface area contributed by atoms with Crippen LogP contribution >= 0.6 is 15.9 Å². The molecular weight excluding hydrogens is 350 g/mol. The first kappa shape index (κ1) is 13.0. The Labute approximate surface area is 141 Å². The van der Waals surface area contributed by atoms with Crippen LogP contribution in [-0.2, 0) is 0 Å². The summed E-state index contributed by atoms with van der Waals surface area (Å²) in [5.41, 5.74) is 4.07. The number of aromatic nitrogens is 1. The Kier molecular flexibility index (Phi) is 2.67. The van der Waals surface area contributed by atoms with Crippen LogP contribution in [-0.4, -0.2) is 4.57 Å². The minimum atomic E-state index is 0.894. The zero-order chi connectivity index (χ0) is 15.4. The lowest BCUT2D eigenvalue weighted by Crippen LogP contribution is -1.91.